The standard InChI is InChI=1S/C13H14N2O4/c1-3-13-14-12(15-19-13)8-18-10-5-4-9(7-16)6-11(10)17-2/h4-7H,3,8H2,1-2H3. The third-order valence-electron chi connectivity index (χ3n) is 2.49. The first-order valence-corrected chi connectivity index (χ1v) is 5.84. The second-order valence-electron chi connectivity index (χ2n) is 3.77. The number of aldehydes is 1. The highest BCUT2D eigenvalue weighted by Crippen LogP contribution is 2.28. The smallest absolute Gasteiger partial charge is 0.226 e. The molecule has 6 heteroatoms. The predicted octanol–water partition coefficient (Wildman–Crippen LogP) is 2.03. The molecule has 1 aromatic carbocycles. The molecule has 0 unspecified atom stereocenters. The van der Waals surface area contributed by atoms with Crippen LogP contribution in [0.1, 0.15) is 29.0 Å². The van der Waals surface area contributed by atoms with E-state index in [1.807, 2.05) is 6.92 Å². The van der Waals surface area contributed by atoms with E-state index < -0.39 is 0 Å². The number of nitrogens with zero attached hydrogens (tertiary/aromatic N) is 2. The summed E-state index contributed by atoms with van der Waals surface area (Å²) in [7, 11) is 1.51. The van der Waals surface area contributed by atoms with Crippen molar-refractivity contribution in [2.24, 2.45) is 0 Å². The van der Waals surface area contributed by atoms with Gasteiger partial charge in [0.25, 0.3) is 0 Å². The van der Waals surface area contributed by atoms with Crippen molar-refractivity contribution in [2.45, 2.75) is 20.0 Å². The lowest BCUT2D eigenvalue weighted by Gasteiger charge is -2.09. The maximum absolute atomic E-state index is 10.7. The van der Waals surface area contributed by atoms with Crippen LogP contribution in [0.25, 0.3) is 0 Å². The maximum Gasteiger partial charge on any atom is 0.226 e. The summed E-state index contributed by atoms with van der Waals surface area (Å²) in [5.41, 5.74) is 0.525. The Morgan fingerprint density at radius 2 is 2.21 bits per heavy atom. The van der Waals surface area contributed by atoms with Gasteiger partial charge in [-0.3, -0.25) is 4.79 Å². The molecule has 0 spiro atoms. The van der Waals surface area contributed by atoms with Crippen LogP contribution in [0.2, 0.25) is 0 Å². The van der Waals surface area contributed by atoms with Crippen LogP contribution in [0, 0.1) is 0 Å². The molecule has 0 aliphatic rings. The molecular weight excluding hydrogens is 248 g/mol. The summed E-state index contributed by atoms with van der Waals surface area (Å²) in [6, 6.07) is 4.93. The fourth-order valence-corrected chi connectivity index (χ4v) is 1.51. The van der Waals surface area contributed by atoms with Gasteiger partial charge in [-0.15, -0.1) is 0 Å². The highest BCUT2D eigenvalue weighted by molar-refractivity contribution is 5.76. The topological polar surface area (TPSA) is 74.5 Å². The number of methoxy groups -OCH3 is 1. The molecule has 19 heavy (non-hydrogen) atoms. The SMILES string of the molecule is CCc1nc(COc2ccc(C=O)cc2OC)no1. The van der Waals surface area contributed by atoms with Crippen LogP contribution in [0.4, 0.5) is 0 Å². The van der Waals surface area contributed by atoms with Crippen LogP contribution in [-0.2, 0) is 13.0 Å². The normalized spacial score (nSPS) is 10.2. The summed E-state index contributed by atoms with van der Waals surface area (Å²) in [5.74, 6) is 2.06. The van der Waals surface area contributed by atoms with Crippen LogP contribution in [0.5, 0.6) is 11.5 Å². The number of hydrogen-bond donors (Lipinski definition) is 0. The lowest BCUT2D eigenvalue weighted by molar-refractivity contribution is 0.112. The Labute approximate surface area is 110 Å². The summed E-state index contributed by atoms with van der Waals surface area (Å²) in [5, 5.41) is 3.78. The van der Waals surface area contributed by atoms with E-state index >= 15 is 0 Å². The van der Waals surface area contributed by atoms with Gasteiger partial charge in [0.05, 0.1) is 7.11 Å². The van der Waals surface area contributed by atoms with Crippen LogP contribution >= 0.6 is 0 Å². The van der Waals surface area contributed by atoms with E-state index in [4.69, 9.17) is 14.0 Å². The van der Waals surface area contributed by atoms with Gasteiger partial charge in [0.15, 0.2) is 18.1 Å². The molecule has 0 atom stereocenters. The van der Waals surface area contributed by atoms with Crippen LogP contribution in [0.15, 0.2) is 22.7 Å². The van der Waals surface area contributed by atoms with Crippen molar-refractivity contribution < 1.29 is 18.8 Å². The molecular formula is C13H14N2O4. The van der Waals surface area contributed by atoms with Crippen molar-refractivity contribution in [3.05, 3.63) is 35.5 Å². The van der Waals surface area contributed by atoms with Crippen LogP contribution < -0.4 is 9.47 Å². The van der Waals surface area contributed by atoms with Gasteiger partial charge < -0.3 is 14.0 Å². The van der Waals surface area contributed by atoms with Crippen molar-refractivity contribution in [1.29, 1.82) is 0 Å². The van der Waals surface area contributed by atoms with Gasteiger partial charge in [-0.05, 0) is 18.2 Å². The number of benzene rings is 1. The number of carbonyl (C=O) groups is 1. The van der Waals surface area contributed by atoms with Gasteiger partial charge in [-0.1, -0.05) is 12.1 Å². The number of ether oxygens (including phenoxy) is 2. The Morgan fingerprint density at radius 3 is 2.84 bits per heavy atom. The fourth-order valence-electron chi connectivity index (χ4n) is 1.51. The van der Waals surface area contributed by atoms with E-state index in [1.54, 1.807) is 18.2 Å². The van der Waals surface area contributed by atoms with Gasteiger partial charge in [-0.2, -0.15) is 4.98 Å². The van der Waals surface area contributed by atoms with E-state index in [2.05, 4.69) is 10.1 Å². The molecule has 0 saturated carbocycles. The number of carbonyl (C=O) groups excluding carboxylic acids is 1. The number of aryl methyl sites for hydroxylation is 1. The molecule has 0 N–H and O–H groups in total. The summed E-state index contributed by atoms with van der Waals surface area (Å²) in [6.45, 7) is 2.11. The van der Waals surface area contributed by atoms with Crippen LogP contribution in [0.3, 0.4) is 0 Å². The van der Waals surface area contributed by atoms with Gasteiger partial charge >= 0.3 is 0 Å². The minimum atomic E-state index is 0.181. The third-order valence-corrected chi connectivity index (χ3v) is 2.49. The Kier molecular flexibility index (Phi) is 4.12. The van der Waals surface area contributed by atoms with Gasteiger partial charge in [0.1, 0.15) is 6.29 Å². The minimum absolute atomic E-state index is 0.181. The Balaban J connectivity index is 2.08. The van der Waals surface area contributed by atoms with E-state index in [9.17, 15) is 4.79 Å². The summed E-state index contributed by atoms with van der Waals surface area (Å²) in [4.78, 5) is 14.8. The van der Waals surface area contributed by atoms with E-state index in [1.165, 1.54) is 7.11 Å². The Morgan fingerprint density at radius 1 is 1.37 bits per heavy atom. The van der Waals surface area contributed by atoms with Crippen molar-refractivity contribution in [3.8, 4) is 11.5 Å². The van der Waals surface area contributed by atoms with Crippen molar-refractivity contribution >= 4 is 6.29 Å². The molecule has 2 rings (SSSR count). The Hall–Kier alpha value is -2.37. The molecule has 6 nitrogen and oxygen atoms in total. The van der Waals surface area contributed by atoms with Gasteiger partial charge in [0.2, 0.25) is 11.7 Å². The van der Waals surface area contributed by atoms with E-state index in [0.717, 1.165) is 6.29 Å². The average molecular weight is 262 g/mol. The molecule has 1 heterocycles. The summed E-state index contributed by atoms with van der Waals surface area (Å²) >= 11 is 0. The van der Waals surface area contributed by atoms with Crippen LogP contribution in [-0.4, -0.2) is 23.5 Å². The molecule has 0 saturated heterocycles. The number of aromatic nitrogens is 2. The first-order chi connectivity index (χ1) is 9.26. The lowest BCUT2D eigenvalue weighted by atomic mass is 10.2. The zero-order valence-corrected chi connectivity index (χ0v) is 10.8. The lowest BCUT2D eigenvalue weighted by Crippen LogP contribution is -2.00. The predicted molar refractivity (Wildman–Crippen MR) is 66.4 cm³/mol. The Bertz CT molecular complexity index is 566. The second-order valence-corrected chi connectivity index (χ2v) is 3.77. The van der Waals surface area contributed by atoms with Crippen molar-refractivity contribution in [3.63, 3.8) is 0 Å². The van der Waals surface area contributed by atoms with Crippen molar-refractivity contribution in [2.75, 3.05) is 7.11 Å². The highest BCUT2D eigenvalue weighted by Gasteiger charge is 2.09. The zero-order chi connectivity index (χ0) is 13.7. The summed E-state index contributed by atoms with van der Waals surface area (Å²) < 4.78 is 15.7. The molecule has 2 aromatic rings. The molecule has 0 aliphatic carbocycles. The molecule has 0 aliphatic heterocycles. The number of hydrogen-bond acceptors (Lipinski definition) is 6. The minimum Gasteiger partial charge on any atom is -0.493 e. The number of rotatable bonds is 6. The largest absolute Gasteiger partial charge is 0.493 e. The monoisotopic (exact) mass is 262 g/mol. The quantitative estimate of drug-likeness (QED) is 0.741. The molecule has 0 bridgehead atoms. The summed E-state index contributed by atoms with van der Waals surface area (Å²) in [6.07, 6.45) is 1.43. The molecule has 100 valence electrons. The first kappa shape index (κ1) is 13.1. The van der Waals surface area contributed by atoms with Crippen molar-refractivity contribution in [1.82, 2.24) is 10.1 Å². The maximum atomic E-state index is 10.7. The van der Waals surface area contributed by atoms with Gasteiger partial charge in [-0.25, -0.2) is 0 Å². The van der Waals surface area contributed by atoms with E-state index in [-0.39, 0.29) is 6.61 Å². The molecule has 0 fully saturated rings. The fraction of sp³-hybridized carbons (Fsp3) is 0.308. The highest BCUT2D eigenvalue weighted by atomic mass is 16.5. The molecule has 1 aromatic heterocycles. The first-order valence-electron chi connectivity index (χ1n) is 5.84. The third kappa shape index (κ3) is 3.09. The molecule has 0 radical (unpaired) electrons. The second kappa shape index (κ2) is 5.99. The average Bonchev–Trinajstić information content (AvgIpc) is 2.92. The molecule has 0 amide bonds. The van der Waals surface area contributed by atoms with Gasteiger partial charge in [0, 0.05) is 12.0 Å². The zero-order valence-electron chi connectivity index (χ0n) is 10.8. The van der Waals surface area contributed by atoms with E-state index in [0.29, 0.717) is 35.2 Å².